The molecule has 0 radical (unpaired) electrons. The van der Waals surface area contributed by atoms with Crippen LogP contribution in [0.1, 0.15) is 0 Å². The van der Waals surface area contributed by atoms with E-state index in [4.69, 9.17) is 5.41 Å². The highest BCUT2D eigenvalue weighted by Gasteiger charge is 2.02. The molecule has 10 heavy (non-hydrogen) atoms. The molecular formula is C5H7Br2IN2. The molecule has 0 bridgehead atoms. The van der Waals surface area contributed by atoms with Crippen molar-refractivity contribution < 1.29 is 0 Å². The number of hydrogen-bond acceptors (Lipinski definition) is 2. The van der Waals surface area contributed by atoms with Crippen molar-refractivity contribution in [3.8, 4) is 0 Å². The van der Waals surface area contributed by atoms with E-state index in [0.717, 1.165) is 14.6 Å². The van der Waals surface area contributed by atoms with Gasteiger partial charge in [-0.05, 0) is 38.5 Å². The van der Waals surface area contributed by atoms with Gasteiger partial charge in [0.05, 0.1) is 3.58 Å². The van der Waals surface area contributed by atoms with Gasteiger partial charge in [-0.25, -0.2) is 0 Å². The van der Waals surface area contributed by atoms with Crippen LogP contribution in [0.3, 0.4) is 0 Å². The van der Waals surface area contributed by atoms with Crippen LogP contribution in [0.15, 0.2) is 9.28 Å². The maximum Gasteiger partial charge on any atom is 0.112 e. The fourth-order valence-corrected chi connectivity index (χ4v) is 2.15. The lowest BCUT2D eigenvalue weighted by atomic mass is 10.4. The lowest BCUT2D eigenvalue weighted by Gasteiger charge is -2.04. The minimum Gasteiger partial charge on any atom is -0.390 e. The summed E-state index contributed by atoms with van der Waals surface area (Å²) < 4.78 is 1.31. The Bertz CT molecular complexity index is 161. The molecular weight excluding hydrogens is 375 g/mol. The van der Waals surface area contributed by atoms with Crippen molar-refractivity contribution in [2.45, 2.75) is 0 Å². The molecule has 2 nitrogen and oxygen atoms in total. The summed E-state index contributed by atoms with van der Waals surface area (Å²) in [6.45, 7) is 0. The van der Waals surface area contributed by atoms with Gasteiger partial charge in [-0.1, -0.05) is 15.9 Å². The predicted molar refractivity (Wildman–Crippen MR) is 60.6 cm³/mol. The second-order valence-electron chi connectivity index (χ2n) is 1.49. The molecule has 0 fully saturated rings. The molecule has 5 heteroatoms. The quantitative estimate of drug-likeness (QED) is 0.440. The van der Waals surface area contributed by atoms with Gasteiger partial charge in [-0.3, -0.25) is 5.41 Å². The lowest BCUT2D eigenvalue weighted by Crippen LogP contribution is -2.10. The average molecular weight is 382 g/mol. The Kier molecular flexibility index (Phi) is 6.04. The van der Waals surface area contributed by atoms with E-state index >= 15 is 0 Å². The van der Waals surface area contributed by atoms with Crippen molar-refractivity contribution in [1.29, 1.82) is 5.41 Å². The van der Waals surface area contributed by atoms with Gasteiger partial charge in [0, 0.05) is 18.1 Å². The van der Waals surface area contributed by atoms with Crippen LogP contribution in [-0.2, 0) is 0 Å². The van der Waals surface area contributed by atoms with Crippen LogP contribution in [0.25, 0.3) is 0 Å². The first-order chi connectivity index (χ1) is 4.63. The molecule has 0 aliphatic carbocycles. The Hall–Kier alpha value is 0.900. The lowest BCUT2D eigenvalue weighted by molar-refractivity contribution is 1.00. The van der Waals surface area contributed by atoms with E-state index in [9.17, 15) is 0 Å². The monoisotopic (exact) mass is 380 g/mol. The fraction of sp³-hybridized carbons (Fsp3) is 0.400. The first-order valence-electron chi connectivity index (χ1n) is 2.50. The Morgan fingerprint density at radius 2 is 2.20 bits per heavy atom. The summed E-state index contributed by atoms with van der Waals surface area (Å²) in [6.07, 6.45) is 0. The molecule has 0 saturated heterocycles. The number of rotatable bonds is 3. The first-order valence-corrected chi connectivity index (χ1v) is 5.49. The molecule has 0 aromatic rings. The summed E-state index contributed by atoms with van der Waals surface area (Å²) in [5, 5.41) is 11.0. The van der Waals surface area contributed by atoms with Gasteiger partial charge >= 0.3 is 0 Å². The Labute approximate surface area is 90.7 Å². The highest BCUT2D eigenvalue weighted by molar-refractivity contribution is 14.1. The van der Waals surface area contributed by atoms with Crippen molar-refractivity contribution in [2.75, 3.05) is 12.4 Å². The van der Waals surface area contributed by atoms with Crippen LogP contribution in [0.2, 0.25) is 0 Å². The molecule has 0 amide bonds. The van der Waals surface area contributed by atoms with E-state index in [1.807, 2.05) is 7.05 Å². The van der Waals surface area contributed by atoms with Crippen molar-refractivity contribution in [3.05, 3.63) is 9.28 Å². The molecule has 58 valence electrons. The topological polar surface area (TPSA) is 35.9 Å². The van der Waals surface area contributed by atoms with Gasteiger partial charge in [-0.15, -0.1) is 0 Å². The van der Waals surface area contributed by atoms with E-state index in [1.54, 1.807) is 0 Å². The minimum absolute atomic E-state index is 0.414. The Morgan fingerprint density at radius 3 is 2.30 bits per heavy atom. The Morgan fingerprint density at radius 1 is 1.70 bits per heavy atom. The van der Waals surface area contributed by atoms with Gasteiger partial charge in [-0.2, -0.15) is 0 Å². The van der Waals surface area contributed by atoms with Crippen LogP contribution in [0.5, 0.6) is 0 Å². The van der Waals surface area contributed by atoms with Crippen molar-refractivity contribution in [3.63, 3.8) is 0 Å². The summed E-state index contributed by atoms with van der Waals surface area (Å²) in [7, 11) is 1.84. The van der Waals surface area contributed by atoms with E-state index in [-0.39, 0.29) is 0 Å². The molecule has 0 aliphatic rings. The molecule has 0 aromatic heterocycles. The van der Waals surface area contributed by atoms with Crippen LogP contribution >= 0.6 is 54.5 Å². The maximum atomic E-state index is 7.23. The molecule has 2 N–H and O–H groups in total. The fourth-order valence-electron chi connectivity index (χ4n) is 0.368. The summed E-state index contributed by atoms with van der Waals surface area (Å²) in [5.74, 6) is 0. The van der Waals surface area contributed by atoms with Crippen LogP contribution in [-0.4, -0.2) is 17.0 Å². The van der Waals surface area contributed by atoms with Gasteiger partial charge in [0.25, 0.3) is 0 Å². The van der Waals surface area contributed by atoms with E-state index in [1.165, 1.54) is 0 Å². The molecule has 0 unspecified atom stereocenters. The zero-order chi connectivity index (χ0) is 8.15. The first kappa shape index (κ1) is 10.9. The molecule has 0 aromatic carbocycles. The highest BCUT2D eigenvalue weighted by Crippen LogP contribution is 2.16. The third-order valence-corrected chi connectivity index (χ3v) is 3.78. The molecule has 0 saturated carbocycles. The smallest absolute Gasteiger partial charge is 0.112 e. The van der Waals surface area contributed by atoms with Gasteiger partial charge in [0.15, 0.2) is 0 Å². The summed E-state index contributed by atoms with van der Waals surface area (Å²) in [4.78, 5) is 0. The molecule has 0 rings (SSSR count). The zero-order valence-corrected chi connectivity index (χ0v) is 10.7. The SMILES string of the molecule is CN/C(CBr)=C(/I)C(=N)Br. The predicted octanol–water partition coefficient (Wildman–Crippen LogP) is 2.62. The molecule has 0 atom stereocenters. The van der Waals surface area contributed by atoms with Crippen LogP contribution in [0.4, 0.5) is 0 Å². The highest BCUT2D eigenvalue weighted by atomic mass is 127. The third kappa shape index (κ3) is 3.34. The van der Waals surface area contributed by atoms with Crippen LogP contribution < -0.4 is 5.32 Å². The number of halogens is 3. The second kappa shape index (κ2) is 5.54. The largest absolute Gasteiger partial charge is 0.390 e. The van der Waals surface area contributed by atoms with Gasteiger partial charge < -0.3 is 5.32 Å². The summed E-state index contributed by atoms with van der Waals surface area (Å²) >= 11 is 8.49. The Balaban J connectivity index is 4.43. The maximum absolute atomic E-state index is 7.23. The molecule has 0 spiro atoms. The van der Waals surface area contributed by atoms with E-state index < -0.39 is 0 Å². The number of allylic oxidation sites excluding steroid dienone is 2. The zero-order valence-electron chi connectivity index (χ0n) is 5.34. The van der Waals surface area contributed by atoms with Crippen molar-refractivity contribution in [1.82, 2.24) is 5.32 Å². The van der Waals surface area contributed by atoms with E-state index in [2.05, 4.69) is 59.8 Å². The number of nitrogens with one attached hydrogen (secondary N) is 2. The summed E-state index contributed by atoms with van der Waals surface area (Å²) in [5.41, 5.74) is 1.02. The average Bonchev–Trinajstić information content (AvgIpc) is 1.90. The second-order valence-corrected chi connectivity index (χ2v) is 3.92. The van der Waals surface area contributed by atoms with Gasteiger partial charge in [0.2, 0.25) is 0 Å². The van der Waals surface area contributed by atoms with Gasteiger partial charge in [0.1, 0.15) is 4.62 Å². The van der Waals surface area contributed by atoms with Crippen molar-refractivity contribution in [2.24, 2.45) is 0 Å². The van der Waals surface area contributed by atoms with E-state index in [0.29, 0.717) is 4.62 Å². The normalized spacial score (nSPS) is 12.4. The minimum atomic E-state index is 0.414. The molecule has 0 aliphatic heterocycles. The standard InChI is InChI=1S/C5H7Br2IN2/c1-10-3(2-6)4(8)5(7)9/h9-10H,2H2,1H3/b4-3+,9-5?. The van der Waals surface area contributed by atoms with Crippen LogP contribution in [0, 0.1) is 5.41 Å². The number of alkyl halides is 1. The third-order valence-electron chi connectivity index (χ3n) is 0.893. The molecule has 0 heterocycles. The number of hydrogen-bond donors (Lipinski definition) is 2. The van der Waals surface area contributed by atoms with Crippen molar-refractivity contribution >= 4 is 59.1 Å². The summed E-state index contributed by atoms with van der Waals surface area (Å²) in [6, 6.07) is 0.